The van der Waals surface area contributed by atoms with Crippen LogP contribution in [-0.2, 0) is 10.8 Å². The fraction of sp³-hybridized carbons (Fsp3) is 1.00. The second-order valence-electron chi connectivity index (χ2n) is 7.45. The van der Waals surface area contributed by atoms with E-state index in [1.807, 2.05) is 0 Å². The van der Waals surface area contributed by atoms with Crippen LogP contribution in [0.5, 0.6) is 0 Å². The summed E-state index contributed by atoms with van der Waals surface area (Å²) in [6.45, 7) is 12.1. The van der Waals surface area contributed by atoms with Crippen LogP contribution in [0.4, 0.5) is 0 Å². The van der Waals surface area contributed by atoms with Gasteiger partial charge in [0.15, 0.2) is 0 Å². The minimum absolute atomic E-state index is 0.332. The summed E-state index contributed by atoms with van der Waals surface area (Å²) in [4.78, 5) is 0. The van der Waals surface area contributed by atoms with Gasteiger partial charge in [0.2, 0.25) is 0 Å². The average molecular weight is 302 g/mol. The predicted octanol–water partition coefficient (Wildman–Crippen LogP) is 3.96. The van der Waals surface area contributed by atoms with E-state index in [0.717, 1.165) is 18.6 Å². The van der Waals surface area contributed by atoms with Gasteiger partial charge in [-0.1, -0.05) is 47.5 Å². The van der Waals surface area contributed by atoms with E-state index in [9.17, 15) is 4.21 Å². The van der Waals surface area contributed by atoms with Gasteiger partial charge in [0, 0.05) is 21.8 Å². The van der Waals surface area contributed by atoms with Crippen LogP contribution in [0.2, 0.25) is 0 Å². The maximum atomic E-state index is 12.8. The highest BCUT2D eigenvalue weighted by Crippen LogP contribution is 2.43. The molecule has 2 N–H and O–H groups in total. The van der Waals surface area contributed by atoms with Crippen LogP contribution in [0.25, 0.3) is 0 Å². The maximum absolute atomic E-state index is 12.8. The molecule has 0 radical (unpaired) electrons. The third kappa shape index (κ3) is 4.56. The van der Waals surface area contributed by atoms with E-state index in [-0.39, 0.29) is 0 Å². The molecule has 0 heterocycles. The molecule has 0 bridgehead atoms. The van der Waals surface area contributed by atoms with Crippen LogP contribution in [0, 0.1) is 23.2 Å². The molecule has 1 rings (SSSR count). The van der Waals surface area contributed by atoms with Crippen molar-refractivity contribution in [1.29, 1.82) is 0 Å². The van der Waals surface area contributed by atoms with Crippen molar-refractivity contribution in [3.05, 3.63) is 0 Å². The van der Waals surface area contributed by atoms with Gasteiger partial charge in [0.25, 0.3) is 0 Å². The molecule has 1 fully saturated rings. The Bertz CT molecular complexity index is 316. The van der Waals surface area contributed by atoms with Gasteiger partial charge in [-0.25, -0.2) is 0 Å². The zero-order valence-electron chi connectivity index (χ0n) is 14.2. The molecule has 0 aromatic rings. The van der Waals surface area contributed by atoms with E-state index in [1.165, 1.54) is 19.3 Å². The predicted molar refractivity (Wildman–Crippen MR) is 90.2 cm³/mol. The van der Waals surface area contributed by atoms with Crippen molar-refractivity contribution in [3.8, 4) is 0 Å². The molecule has 5 unspecified atom stereocenters. The van der Waals surface area contributed by atoms with Crippen LogP contribution in [-0.4, -0.2) is 21.8 Å². The first-order chi connectivity index (χ1) is 9.35. The Morgan fingerprint density at radius 1 is 1.30 bits per heavy atom. The fourth-order valence-corrected chi connectivity index (χ4v) is 5.47. The van der Waals surface area contributed by atoms with Crippen molar-refractivity contribution in [2.24, 2.45) is 28.9 Å². The molecule has 1 saturated carbocycles. The zero-order valence-corrected chi connectivity index (χ0v) is 15.0. The van der Waals surface area contributed by atoms with Gasteiger partial charge in [0.05, 0.1) is 0 Å². The third-order valence-corrected chi connectivity index (χ3v) is 7.88. The second-order valence-corrected chi connectivity index (χ2v) is 9.15. The first kappa shape index (κ1) is 18.2. The molecular formula is C17H35NOS. The van der Waals surface area contributed by atoms with Crippen LogP contribution >= 0.6 is 0 Å². The Labute approximate surface area is 128 Å². The van der Waals surface area contributed by atoms with Crippen molar-refractivity contribution >= 4 is 10.8 Å². The molecule has 5 atom stereocenters. The number of nitrogens with two attached hydrogens (primary N) is 1. The zero-order chi connectivity index (χ0) is 15.3. The van der Waals surface area contributed by atoms with Gasteiger partial charge in [-0.15, -0.1) is 0 Å². The SMILES string of the molecule is CCC(C)CS(=O)C1CC(C(C)(C)CC)CCC1CN. The van der Waals surface area contributed by atoms with Crippen molar-refractivity contribution in [3.63, 3.8) is 0 Å². The van der Waals surface area contributed by atoms with Crippen LogP contribution in [0.3, 0.4) is 0 Å². The standard InChI is InChI=1S/C17H35NOS/c1-6-13(3)12-20(19)16-10-15(17(4,5)7-2)9-8-14(16)11-18/h13-16H,6-12,18H2,1-5H3. The summed E-state index contributed by atoms with van der Waals surface area (Å²) in [5.41, 5.74) is 6.32. The Morgan fingerprint density at radius 2 is 1.95 bits per heavy atom. The summed E-state index contributed by atoms with van der Waals surface area (Å²) in [6, 6.07) is 0. The molecule has 120 valence electrons. The lowest BCUT2D eigenvalue weighted by molar-refractivity contribution is 0.133. The van der Waals surface area contributed by atoms with E-state index in [2.05, 4.69) is 34.6 Å². The molecule has 0 aromatic heterocycles. The van der Waals surface area contributed by atoms with Gasteiger partial charge in [-0.3, -0.25) is 4.21 Å². The average Bonchev–Trinajstić information content (AvgIpc) is 2.46. The quantitative estimate of drug-likeness (QED) is 0.773. The summed E-state index contributed by atoms with van der Waals surface area (Å²) < 4.78 is 12.8. The summed E-state index contributed by atoms with van der Waals surface area (Å²) in [5.74, 6) is 2.61. The highest BCUT2D eigenvalue weighted by atomic mass is 32.2. The highest BCUT2D eigenvalue weighted by molar-refractivity contribution is 7.85. The molecule has 2 nitrogen and oxygen atoms in total. The normalized spacial score (nSPS) is 31.0. The Hall–Kier alpha value is 0.110. The molecule has 0 spiro atoms. The Balaban J connectivity index is 2.75. The molecule has 20 heavy (non-hydrogen) atoms. The summed E-state index contributed by atoms with van der Waals surface area (Å²) in [5, 5.41) is 0.332. The van der Waals surface area contributed by atoms with Gasteiger partial charge < -0.3 is 5.73 Å². The lowest BCUT2D eigenvalue weighted by Gasteiger charge is -2.42. The highest BCUT2D eigenvalue weighted by Gasteiger charge is 2.39. The molecule has 3 heteroatoms. The molecule has 0 saturated heterocycles. The largest absolute Gasteiger partial charge is 0.330 e. The van der Waals surface area contributed by atoms with Crippen LogP contribution in [0.1, 0.15) is 66.7 Å². The number of rotatable bonds is 7. The summed E-state index contributed by atoms with van der Waals surface area (Å²) in [6.07, 6.45) is 5.87. The van der Waals surface area contributed by atoms with E-state index >= 15 is 0 Å². The second kappa shape index (κ2) is 7.93. The van der Waals surface area contributed by atoms with Crippen LogP contribution in [0.15, 0.2) is 0 Å². The Morgan fingerprint density at radius 3 is 2.45 bits per heavy atom. The molecule has 1 aliphatic rings. The van der Waals surface area contributed by atoms with Crippen LogP contribution < -0.4 is 5.73 Å². The molecule has 0 amide bonds. The first-order valence-corrected chi connectivity index (χ1v) is 9.81. The lowest BCUT2D eigenvalue weighted by Crippen LogP contribution is -2.42. The van der Waals surface area contributed by atoms with E-state index in [1.54, 1.807) is 0 Å². The summed E-state index contributed by atoms with van der Waals surface area (Å²) in [7, 11) is -0.704. The van der Waals surface area contributed by atoms with Gasteiger partial charge in [-0.05, 0) is 49.0 Å². The van der Waals surface area contributed by atoms with Gasteiger partial charge in [-0.2, -0.15) is 0 Å². The topological polar surface area (TPSA) is 43.1 Å². The monoisotopic (exact) mass is 301 g/mol. The summed E-state index contributed by atoms with van der Waals surface area (Å²) >= 11 is 0. The Kier molecular flexibility index (Phi) is 7.20. The van der Waals surface area contributed by atoms with E-state index in [4.69, 9.17) is 5.73 Å². The van der Waals surface area contributed by atoms with Crippen molar-refractivity contribution < 1.29 is 4.21 Å². The molecular weight excluding hydrogens is 266 g/mol. The van der Waals surface area contributed by atoms with E-state index < -0.39 is 10.8 Å². The maximum Gasteiger partial charge on any atom is 0.0391 e. The van der Waals surface area contributed by atoms with Crippen molar-refractivity contribution in [2.45, 2.75) is 72.0 Å². The first-order valence-electron chi connectivity index (χ1n) is 8.42. The van der Waals surface area contributed by atoms with Crippen molar-refractivity contribution in [2.75, 3.05) is 12.3 Å². The number of hydrogen-bond acceptors (Lipinski definition) is 2. The van der Waals surface area contributed by atoms with E-state index in [0.29, 0.717) is 35.0 Å². The van der Waals surface area contributed by atoms with Gasteiger partial charge >= 0.3 is 0 Å². The van der Waals surface area contributed by atoms with Gasteiger partial charge in [0.1, 0.15) is 0 Å². The molecule has 0 aliphatic heterocycles. The molecule has 1 aliphatic carbocycles. The fourth-order valence-electron chi connectivity index (χ4n) is 3.30. The minimum atomic E-state index is -0.704. The smallest absolute Gasteiger partial charge is 0.0391 e. The molecule has 0 aromatic carbocycles. The number of hydrogen-bond donors (Lipinski definition) is 1. The third-order valence-electron chi connectivity index (χ3n) is 5.73. The lowest BCUT2D eigenvalue weighted by atomic mass is 9.67. The van der Waals surface area contributed by atoms with Crippen molar-refractivity contribution in [1.82, 2.24) is 0 Å². The minimum Gasteiger partial charge on any atom is -0.330 e.